The number of carbonyl (C=O) groups excluding carboxylic acids is 2. The van der Waals surface area contributed by atoms with E-state index in [-0.39, 0.29) is 12.5 Å². The van der Waals surface area contributed by atoms with Gasteiger partial charge in [-0.15, -0.1) is 0 Å². The lowest BCUT2D eigenvalue weighted by Gasteiger charge is -2.25. The number of carboxylic acids is 1. The molecule has 0 bridgehead atoms. The van der Waals surface area contributed by atoms with E-state index >= 15 is 0 Å². The Bertz CT molecular complexity index is 345. The van der Waals surface area contributed by atoms with Crippen LogP contribution in [0.15, 0.2) is 0 Å². The summed E-state index contributed by atoms with van der Waals surface area (Å²) < 4.78 is 0. The Labute approximate surface area is 119 Å². The van der Waals surface area contributed by atoms with Gasteiger partial charge in [-0.2, -0.15) is 0 Å². The van der Waals surface area contributed by atoms with Crippen molar-refractivity contribution < 1.29 is 19.5 Å². The molecule has 3 amide bonds. The highest BCUT2D eigenvalue weighted by Crippen LogP contribution is 2.01. The minimum atomic E-state index is -1.06. The summed E-state index contributed by atoms with van der Waals surface area (Å²) in [7, 11) is 3.23. The van der Waals surface area contributed by atoms with Crippen molar-refractivity contribution in [3.8, 4) is 0 Å². The largest absolute Gasteiger partial charge is 0.480 e. The minimum absolute atomic E-state index is 0.0505. The van der Waals surface area contributed by atoms with Gasteiger partial charge in [0.05, 0.1) is 0 Å². The van der Waals surface area contributed by atoms with Gasteiger partial charge in [-0.05, 0) is 12.8 Å². The van der Waals surface area contributed by atoms with Crippen molar-refractivity contribution in [2.75, 3.05) is 27.2 Å². The second-order valence-corrected chi connectivity index (χ2v) is 4.84. The normalized spacial score (nSPS) is 11.6. The molecule has 0 saturated carbocycles. The van der Waals surface area contributed by atoms with Crippen LogP contribution >= 0.6 is 0 Å². The van der Waals surface area contributed by atoms with E-state index in [9.17, 15) is 14.4 Å². The van der Waals surface area contributed by atoms with Crippen molar-refractivity contribution in [1.82, 2.24) is 15.1 Å². The molecule has 20 heavy (non-hydrogen) atoms. The fraction of sp³-hybridized carbons (Fsp3) is 0.769. The summed E-state index contributed by atoms with van der Waals surface area (Å²) in [6.07, 6.45) is 1.71. The van der Waals surface area contributed by atoms with Crippen molar-refractivity contribution in [3.63, 3.8) is 0 Å². The number of carbonyl (C=O) groups is 3. The monoisotopic (exact) mass is 287 g/mol. The van der Waals surface area contributed by atoms with Gasteiger partial charge in [0.2, 0.25) is 5.91 Å². The molecule has 0 spiro atoms. The first kappa shape index (κ1) is 18.2. The van der Waals surface area contributed by atoms with E-state index in [1.807, 2.05) is 13.8 Å². The summed E-state index contributed by atoms with van der Waals surface area (Å²) >= 11 is 0. The molecule has 0 radical (unpaired) electrons. The summed E-state index contributed by atoms with van der Waals surface area (Å²) in [5.74, 6) is -1.26. The predicted molar refractivity (Wildman–Crippen MR) is 75.4 cm³/mol. The lowest BCUT2D eigenvalue weighted by Crippen LogP contribution is -2.50. The van der Waals surface area contributed by atoms with Gasteiger partial charge in [-0.1, -0.05) is 20.3 Å². The van der Waals surface area contributed by atoms with Crippen molar-refractivity contribution in [2.24, 2.45) is 0 Å². The molecule has 0 aliphatic carbocycles. The van der Waals surface area contributed by atoms with Gasteiger partial charge in [-0.25, -0.2) is 9.59 Å². The lowest BCUT2D eigenvalue weighted by atomic mass is 10.2. The molecule has 0 heterocycles. The highest BCUT2D eigenvalue weighted by molar-refractivity contribution is 5.86. The van der Waals surface area contributed by atoms with E-state index in [0.717, 1.165) is 0 Å². The minimum Gasteiger partial charge on any atom is -0.480 e. The quantitative estimate of drug-likeness (QED) is 0.689. The Morgan fingerprint density at radius 3 is 2.15 bits per heavy atom. The molecule has 2 N–H and O–H groups in total. The summed E-state index contributed by atoms with van der Waals surface area (Å²) in [6.45, 7) is 4.09. The van der Waals surface area contributed by atoms with Gasteiger partial charge in [0.25, 0.3) is 0 Å². The molecule has 7 nitrogen and oxygen atoms in total. The molecular formula is C13H25N3O4. The SMILES string of the molecule is CCC[C@H](NC(=O)N(CCC)CC(=O)N(C)C)C(=O)O. The maximum absolute atomic E-state index is 12.1. The molecule has 0 saturated heterocycles. The lowest BCUT2D eigenvalue weighted by molar-refractivity contribution is -0.139. The molecule has 7 heteroatoms. The van der Waals surface area contributed by atoms with Crippen LogP contribution in [0.3, 0.4) is 0 Å². The average molecular weight is 287 g/mol. The molecule has 0 aromatic rings. The third-order valence-electron chi connectivity index (χ3n) is 2.78. The Morgan fingerprint density at radius 2 is 1.75 bits per heavy atom. The van der Waals surface area contributed by atoms with Gasteiger partial charge < -0.3 is 20.2 Å². The average Bonchev–Trinajstić information content (AvgIpc) is 2.37. The van der Waals surface area contributed by atoms with Crippen LogP contribution in [0.5, 0.6) is 0 Å². The molecule has 0 aromatic heterocycles. The summed E-state index contributed by atoms with van der Waals surface area (Å²) in [4.78, 5) is 37.5. The Balaban J connectivity index is 4.70. The fourth-order valence-electron chi connectivity index (χ4n) is 1.61. The van der Waals surface area contributed by atoms with Gasteiger partial charge in [-0.3, -0.25) is 4.79 Å². The molecule has 0 aliphatic heterocycles. The van der Waals surface area contributed by atoms with E-state index in [0.29, 0.717) is 25.8 Å². The van der Waals surface area contributed by atoms with Crippen LogP contribution in [0.1, 0.15) is 33.1 Å². The first-order valence-corrected chi connectivity index (χ1v) is 6.81. The maximum Gasteiger partial charge on any atom is 0.326 e. The molecule has 116 valence electrons. The van der Waals surface area contributed by atoms with Crippen molar-refractivity contribution in [3.05, 3.63) is 0 Å². The Hall–Kier alpha value is -1.79. The standard InChI is InChI=1S/C13H25N3O4/c1-5-7-10(12(18)19)14-13(20)16(8-6-2)9-11(17)15(3)4/h10H,5-9H2,1-4H3,(H,14,20)(H,18,19)/t10-/m0/s1. The molecule has 0 unspecified atom stereocenters. The molecule has 1 atom stereocenters. The molecular weight excluding hydrogens is 262 g/mol. The number of aliphatic carboxylic acids is 1. The third-order valence-corrected chi connectivity index (χ3v) is 2.78. The first-order chi connectivity index (χ1) is 9.33. The fourth-order valence-corrected chi connectivity index (χ4v) is 1.61. The van der Waals surface area contributed by atoms with Gasteiger partial charge in [0.15, 0.2) is 0 Å². The van der Waals surface area contributed by atoms with Gasteiger partial charge in [0, 0.05) is 20.6 Å². The second-order valence-electron chi connectivity index (χ2n) is 4.84. The number of nitrogens with zero attached hydrogens (tertiary/aromatic N) is 2. The number of carboxylic acid groups (broad SMARTS) is 1. The number of hydrogen-bond donors (Lipinski definition) is 2. The van der Waals surface area contributed by atoms with Crippen LogP contribution < -0.4 is 5.32 Å². The van der Waals surface area contributed by atoms with Crippen molar-refractivity contribution in [1.29, 1.82) is 0 Å². The molecule has 0 aromatic carbocycles. The number of hydrogen-bond acceptors (Lipinski definition) is 3. The number of nitrogens with one attached hydrogen (secondary N) is 1. The van der Waals surface area contributed by atoms with Crippen LogP contribution in [0.4, 0.5) is 4.79 Å². The van der Waals surface area contributed by atoms with Gasteiger partial charge in [0.1, 0.15) is 12.6 Å². The van der Waals surface area contributed by atoms with E-state index < -0.39 is 18.0 Å². The molecule has 0 fully saturated rings. The van der Waals surface area contributed by atoms with Crippen LogP contribution in [-0.4, -0.2) is 66.0 Å². The van der Waals surface area contributed by atoms with Crippen molar-refractivity contribution >= 4 is 17.9 Å². The van der Waals surface area contributed by atoms with E-state index in [4.69, 9.17) is 5.11 Å². The maximum atomic E-state index is 12.1. The smallest absolute Gasteiger partial charge is 0.326 e. The van der Waals surface area contributed by atoms with Crippen LogP contribution in [0.2, 0.25) is 0 Å². The van der Waals surface area contributed by atoms with Crippen LogP contribution in [0, 0.1) is 0 Å². The van der Waals surface area contributed by atoms with Gasteiger partial charge >= 0.3 is 12.0 Å². The zero-order chi connectivity index (χ0) is 15.7. The third kappa shape index (κ3) is 6.40. The number of rotatable bonds is 8. The van der Waals surface area contributed by atoms with E-state index in [1.165, 1.54) is 9.80 Å². The van der Waals surface area contributed by atoms with Crippen LogP contribution in [0.25, 0.3) is 0 Å². The zero-order valence-corrected chi connectivity index (χ0v) is 12.7. The summed E-state index contributed by atoms with van der Waals surface area (Å²) in [6, 6.07) is -1.43. The highest BCUT2D eigenvalue weighted by atomic mass is 16.4. The number of urea groups is 1. The molecule has 0 aliphatic rings. The predicted octanol–water partition coefficient (Wildman–Crippen LogP) is 0.750. The summed E-state index contributed by atoms with van der Waals surface area (Å²) in [5.41, 5.74) is 0. The Kier molecular flexibility index (Phi) is 8.35. The van der Waals surface area contributed by atoms with E-state index in [1.54, 1.807) is 14.1 Å². The number of likely N-dealkylation sites (N-methyl/N-ethyl adjacent to an activating group) is 1. The number of amides is 3. The van der Waals surface area contributed by atoms with Crippen LogP contribution in [-0.2, 0) is 9.59 Å². The summed E-state index contributed by atoms with van der Waals surface area (Å²) in [5, 5.41) is 11.5. The molecule has 0 rings (SSSR count). The second kappa shape index (κ2) is 9.17. The zero-order valence-electron chi connectivity index (χ0n) is 12.7. The topological polar surface area (TPSA) is 90.0 Å². The first-order valence-electron chi connectivity index (χ1n) is 6.81. The van der Waals surface area contributed by atoms with E-state index in [2.05, 4.69) is 5.32 Å². The Morgan fingerprint density at radius 1 is 1.15 bits per heavy atom. The van der Waals surface area contributed by atoms with Crippen molar-refractivity contribution in [2.45, 2.75) is 39.2 Å². The highest BCUT2D eigenvalue weighted by Gasteiger charge is 2.23.